The molecule has 0 aliphatic carbocycles. The molecular weight excluding hydrogens is 363 g/mol. The largest absolute Gasteiger partial charge is 0.469 e. The van der Waals surface area contributed by atoms with Crippen molar-refractivity contribution in [2.75, 3.05) is 33.8 Å². The van der Waals surface area contributed by atoms with E-state index in [4.69, 9.17) is 27.9 Å². The normalized spacial score (nSPS) is 16.8. The lowest BCUT2D eigenvalue weighted by atomic mass is 9.97. The van der Waals surface area contributed by atoms with Crippen molar-refractivity contribution in [3.63, 3.8) is 0 Å². The van der Waals surface area contributed by atoms with E-state index in [9.17, 15) is 9.59 Å². The number of hydrogen-bond donors (Lipinski definition) is 0. The summed E-state index contributed by atoms with van der Waals surface area (Å²) in [6, 6.07) is 5.38. The van der Waals surface area contributed by atoms with Gasteiger partial charge in [-0.05, 0) is 44.5 Å². The van der Waals surface area contributed by atoms with Gasteiger partial charge in [0.1, 0.15) is 0 Å². The number of amides is 1. The Bertz CT molecular complexity index is 631. The van der Waals surface area contributed by atoms with E-state index in [0.29, 0.717) is 42.5 Å². The van der Waals surface area contributed by atoms with E-state index in [1.165, 1.54) is 7.11 Å². The summed E-state index contributed by atoms with van der Waals surface area (Å²) < 4.78 is 4.78. The molecule has 0 saturated carbocycles. The van der Waals surface area contributed by atoms with Gasteiger partial charge < -0.3 is 9.64 Å². The molecule has 0 unspecified atom stereocenters. The zero-order chi connectivity index (χ0) is 18.6. The van der Waals surface area contributed by atoms with Crippen molar-refractivity contribution in [1.82, 2.24) is 9.80 Å². The van der Waals surface area contributed by atoms with Crippen molar-refractivity contribution in [2.24, 2.45) is 5.92 Å². The van der Waals surface area contributed by atoms with Gasteiger partial charge in [-0.15, -0.1) is 0 Å². The van der Waals surface area contributed by atoms with Crippen molar-refractivity contribution >= 4 is 35.1 Å². The van der Waals surface area contributed by atoms with Crippen LogP contribution in [-0.4, -0.2) is 55.5 Å². The Morgan fingerprint density at radius 2 is 1.96 bits per heavy atom. The molecule has 1 heterocycles. The zero-order valence-corrected chi connectivity index (χ0v) is 16.3. The van der Waals surface area contributed by atoms with Crippen molar-refractivity contribution < 1.29 is 14.3 Å². The number of likely N-dealkylation sites (tertiary alicyclic amines) is 1. The van der Waals surface area contributed by atoms with Crippen LogP contribution in [0.4, 0.5) is 0 Å². The van der Waals surface area contributed by atoms with Gasteiger partial charge in [0.15, 0.2) is 0 Å². The molecule has 1 atom stereocenters. The van der Waals surface area contributed by atoms with Crippen LogP contribution in [0.25, 0.3) is 0 Å². The van der Waals surface area contributed by atoms with E-state index in [-0.39, 0.29) is 23.8 Å². The molecule has 5 nitrogen and oxygen atoms in total. The summed E-state index contributed by atoms with van der Waals surface area (Å²) in [7, 11) is 3.30. The Hall–Kier alpha value is -1.30. The number of esters is 1. The fraction of sp³-hybridized carbons (Fsp3) is 0.556. The van der Waals surface area contributed by atoms with Crippen LogP contribution in [0, 0.1) is 5.92 Å². The van der Waals surface area contributed by atoms with Gasteiger partial charge in [0.2, 0.25) is 5.91 Å². The highest BCUT2D eigenvalue weighted by Crippen LogP contribution is 2.29. The Balaban J connectivity index is 1.91. The minimum atomic E-state index is -0.185. The van der Waals surface area contributed by atoms with Gasteiger partial charge in [-0.25, -0.2) is 0 Å². The third-order valence-electron chi connectivity index (χ3n) is 4.84. The number of rotatable bonds is 5. The molecule has 138 valence electrons. The summed E-state index contributed by atoms with van der Waals surface area (Å²) in [6.45, 7) is 3.47. The molecule has 1 aliphatic heterocycles. The quantitative estimate of drug-likeness (QED) is 0.727. The van der Waals surface area contributed by atoms with Crippen LogP contribution in [0.15, 0.2) is 18.2 Å². The number of likely N-dealkylation sites (N-methyl/N-ethyl adjacent to an activating group) is 1. The molecule has 1 fully saturated rings. The summed E-state index contributed by atoms with van der Waals surface area (Å²) in [5.74, 6) is -0.225. The molecule has 0 aromatic heterocycles. The minimum absolute atomic E-state index is 0.0127. The molecule has 0 radical (unpaired) electrons. The van der Waals surface area contributed by atoms with Gasteiger partial charge in [-0.1, -0.05) is 29.3 Å². The van der Waals surface area contributed by atoms with Crippen LogP contribution in [0.3, 0.4) is 0 Å². The fourth-order valence-electron chi connectivity index (χ4n) is 3.06. The van der Waals surface area contributed by atoms with Gasteiger partial charge >= 0.3 is 5.97 Å². The molecular formula is C18H24Cl2N2O3. The number of ether oxygens (including phenoxy) is 1. The Morgan fingerprint density at radius 3 is 2.52 bits per heavy atom. The third kappa shape index (κ3) is 5.09. The number of halogens is 2. The van der Waals surface area contributed by atoms with E-state index in [1.54, 1.807) is 12.1 Å². The Labute approximate surface area is 158 Å². The van der Waals surface area contributed by atoms with Gasteiger partial charge in [-0.2, -0.15) is 0 Å². The molecule has 1 saturated heterocycles. The first-order valence-electron chi connectivity index (χ1n) is 8.34. The van der Waals surface area contributed by atoms with Gasteiger partial charge in [-0.3, -0.25) is 14.5 Å². The van der Waals surface area contributed by atoms with E-state index in [2.05, 4.69) is 0 Å². The standard InChI is InChI=1S/C18H24Cl2N2O3/c1-12(15-5-4-14(19)10-16(15)20)21(2)11-17(23)22-8-6-13(7-9-22)18(24)25-3/h4-5,10,12-13H,6-9,11H2,1-3H3/t12-/m1/s1. The van der Waals surface area contributed by atoms with Gasteiger partial charge in [0.25, 0.3) is 0 Å². The Morgan fingerprint density at radius 1 is 1.32 bits per heavy atom. The first kappa shape index (κ1) is 20.0. The van der Waals surface area contributed by atoms with Crippen LogP contribution < -0.4 is 0 Å². The molecule has 0 bridgehead atoms. The second-order valence-electron chi connectivity index (χ2n) is 6.44. The summed E-state index contributed by atoms with van der Waals surface area (Å²) in [5, 5.41) is 1.19. The lowest BCUT2D eigenvalue weighted by Crippen LogP contribution is -2.45. The Kier molecular flexibility index (Phi) is 7.11. The molecule has 1 aromatic carbocycles. The first-order valence-corrected chi connectivity index (χ1v) is 9.10. The summed E-state index contributed by atoms with van der Waals surface area (Å²) in [6.07, 6.45) is 1.31. The molecule has 2 rings (SSSR count). The maximum Gasteiger partial charge on any atom is 0.308 e. The molecule has 7 heteroatoms. The van der Waals surface area contributed by atoms with Crippen LogP contribution in [0.2, 0.25) is 10.0 Å². The first-order chi connectivity index (χ1) is 11.8. The highest BCUT2D eigenvalue weighted by Gasteiger charge is 2.28. The maximum atomic E-state index is 12.5. The predicted molar refractivity (Wildman–Crippen MR) is 98.8 cm³/mol. The lowest BCUT2D eigenvalue weighted by Gasteiger charge is -2.33. The molecule has 1 amide bonds. The van der Waals surface area contributed by atoms with E-state index in [0.717, 1.165) is 5.56 Å². The number of nitrogens with zero attached hydrogens (tertiary/aromatic N) is 2. The fourth-order valence-corrected chi connectivity index (χ4v) is 3.63. The van der Waals surface area contributed by atoms with Crippen molar-refractivity contribution in [2.45, 2.75) is 25.8 Å². The molecule has 25 heavy (non-hydrogen) atoms. The smallest absolute Gasteiger partial charge is 0.308 e. The molecule has 0 spiro atoms. The maximum absolute atomic E-state index is 12.5. The summed E-state index contributed by atoms with van der Waals surface area (Å²) in [4.78, 5) is 27.9. The van der Waals surface area contributed by atoms with Crippen LogP contribution in [0.1, 0.15) is 31.4 Å². The number of carbonyl (C=O) groups is 2. The molecule has 0 N–H and O–H groups in total. The monoisotopic (exact) mass is 386 g/mol. The van der Waals surface area contributed by atoms with Crippen LogP contribution in [-0.2, 0) is 14.3 Å². The number of benzene rings is 1. The van der Waals surface area contributed by atoms with Crippen molar-refractivity contribution in [3.05, 3.63) is 33.8 Å². The third-order valence-corrected chi connectivity index (χ3v) is 5.40. The predicted octanol–water partition coefficient (Wildman–Crippen LogP) is 3.40. The van der Waals surface area contributed by atoms with Crippen molar-refractivity contribution in [1.29, 1.82) is 0 Å². The van der Waals surface area contributed by atoms with Crippen LogP contribution in [0.5, 0.6) is 0 Å². The summed E-state index contributed by atoms with van der Waals surface area (Å²) in [5.41, 5.74) is 0.936. The molecule has 1 aliphatic rings. The second kappa shape index (κ2) is 8.88. The highest BCUT2D eigenvalue weighted by atomic mass is 35.5. The number of hydrogen-bond acceptors (Lipinski definition) is 4. The minimum Gasteiger partial charge on any atom is -0.469 e. The second-order valence-corrected chi connectivity index (χ2v) is 7.28. The SMILES string of the molecule is COC(=O)C1CCN(C(=O)CN(C)[C@H](C)c2ccc(Cl)cc2Cl)CC1. The number of carbonyl (C=O) groups excluding carboxylic acids is 2. The van der Waals surface area contributed by atoms with E-state index >= 15 is 0 Å². The van der Waals surface area contributed by atoms with E-state index < -0.39 is 0 Å². The summed E-state index contributed by atoms with van der Waals surface area (Å²) >= 11 is 12.2. The highest BCUT2D eigenvalue weighted by molar-refractivity contribution is 6.35. The topological polar surface area (TPSA) is 49.9 Å². The number of methoxy groups -OCH3 is 1. The average molecular weight is 387 g/mol. The van der Waals surface area contributed by atoms with Crippen LogP contribution >= 0.6 is 23.2 Å². The molecule has 1 aromatic rings. The van der Waals surface area contributed by atoms with E-state index in [1.807, 2.05) is 29.8 Å². The lowest BCUT2D eigenvalue weighted by molar-refractivity contribution is -0.149. The zero-order valence-electron chi connectivity index (χ0n) is 14.8. The van der Waals surface area contributed by atoms with Crippen molar-refractivity contribution in [3.8, 4) is 0 Å². The van der Waals surface area contributed by atoms with Gasteiger partial charge in [0.05, 0.1) is 19.6 Å². The average Bonchev–Trinajstić information content (AvgIpc) is 2.60. The van der Waals surface area contributed by atoms with Gasteiger partial charge in [0, 0.05) is 29.2 Å². The number of piperidine rings is 1.